The van der Waals surface area contributed by atoms with Crippen LogP contribution in [0.2, 0.25) is 0 Å². The van der Waals surface area contributed by atoms with E-state index in [1.165, 1.54) is 12.3 Å². The molecule has 1 aromatic heterocycles. The summed E-state index contributed by atoms with van der Waals surface area (Å²) in [5, 5.41) is 3.34. The van der Waals surface area contributed by atoms with Gasteiger partial charge in [-0.15, -0.1) is 0 Å². The number of hydrogen-bond donors (Lipinski definition) is 2. The number of nitrogens with zero attached hydrogens (tertiary/aromatic N) is 1. The van der Waals surface area contributed by atoms with Crippen LogP contribution in [-0.4, -0.2) is 42.5 Å². The van der Waals surface area contributed by atoms with Crippen LogP contribution in [0.3, 0.4) is 0 Å². The number of hydrogen-bond acceptors (Lipinski definition) is 3. The fourth-order valence-corrected chi connectivity index (χ4v) is 2.35. The third-order valence-electron chi connectivity index (χ3n) is 3.30. The molecular weight excluding hydrogens is 230 g/mol. The molecule has 1 fully saturated rings. The second kappa shape index (κ2) is 5.82. The maximum atomic E-state index is 12.1. The Balaban J connectivity index is 1.97. The number of amides is 1. The van der Waals surface area contributed by atoms with Crippen LogP contribution in [-0.2, 0) is 0 Å². The van der Waals surface area contributed by atoms with E-state index >= 15 is 0 Å². The number of nitrogens with one attached hydrogen (secondary N) is 2. The van der Waals surface area contributed by atoms with Gasteiger partial charge in [0, 0.05) is 31.4 Å². The zero-order valence-corrected chi connectivity index (χ0v) is 10.6. The van der Waals surface area contributed by atoms with Gasteiger partial charge >= 0.3 is 0 Å². The Hall–Kier alpha value is -1.62. The minimum absolute atomic E-state index is 0.0910. The molecule has 18 heavy (non-hydrogen) atoms. The molecule has 1 amide bonds. The number of H-pyrrole nitrogens is 1. The van der Waals surface area contributed by atoms with Crippen molar-refractivity contribution in [3.63, 3.8) is 0 Å². The van der Waals surface area contributed by atoms with E-state index in [1.54, 1.807) is 18.0 Å². The average molecular weight is 249 g/mol. The van der Waals surface area contributed by atoms with E-state index in [1.807, 2.05) is 0 Å². The molecule has 2 rings (SSSR count). The lowest BCUT2D eigenvalue weighted by molar-refractivity contribution is 0.0764. The molecule has 0 aliphatic carbocycles. The molecule has 1 saturated heterocycles. The molecule has 0 bridgehead atoms. The van der Waals surface area contributed by atoms with Crippen molar-refractivity contribution in [2.75, 3.05) is 26.7 Å². The van der Waals surface area contributed by atoms with Crippen LogP contribution < -0.4 is 10.9 Å². The van der Waals surface area contributed by atoms with Gasteiger partial charge in [-0.05, 0) is 37.9 Å². The Morgan fingerprint density at radius 3 is 3.06 bits per heavy atom. The highest BCUT2D eigenvalue weighted by Gasteiger charge is 2.19. The highest BCUT2D eigenvalue weighted by atomic mass is 16.2. The van der Waals surface area contributed by atoms with Gasteiger partial charge in [-0.3, -0.25) is 9.59 Å². The lowest BCUT2D eigenvalue weighted by Crippen LogP contribution is -2.39. The number of piperidine rings is 1. The first-order valence-electron chi connectivity index (χ1n) is 6.32. The summed E-state index contributed by atoms with van der Waals surface area (Å²) in [6, 6.07) is 2.98. The summed E-state index contributed by atoms with van der Waals surface area (Å²) < 4.78 is 0. The summed E-state index contributed by atoms with van der Waals surface area (Å²) in [4.78, 5) is 27.5. The summed E-state index contributed by atoms with van der Waals surface area (Å²) >= 11 is 0. The average Bonchev–Trinajstić information content (AvgIpc) is 2.39. The Kier molecular flexibility index (Phi) is 4.15. The normalized spacial score (nSPS) is 19.5. The molecule has 5 nitrogen and oxygen atoms in total. The third kappa shape index (κ3) is 3.20. The zero-order chi connectivity index (χ0) is 13.0. The molecule has 1 aliphatic heterocycles. The molecule has 0 aromatic carbocycles. The van der Waals surface area contributed by atoms with E-state index in [0.717, 1.165) is 32.5 Å². The first-order chi connectivity index (χ1) is 8.66. The van der Waals surface area contributed by atoms with Gasteiger partial charge < -0.3 is 15.2 Å². The Labute approximate surface area is 106 Å². The Morgan fingerprint density at radius 2 is 2.39 bits per heavy atom. The van der Waals surface area contributed by atoms with Crippen molar-refractivity contribution >= 4 is 5.91 Å². The van der Waals surface area contributed by atoms with Gasteiger partial charge in [0.1, 0.15) is 0 Å². The largest absolute Gasteiger partial charge is 0.341 e. The molecule has 1 aliphatic rings. The molecule has 5 heteroatoms. The second-order valence-electron chi connectivity index (χ2n) is 4.84. The minimum atomic E-state index is -0.242. The number of carbonyl (C=O) groups is 1. The van der Waals surface area contributed by atoms with Crippen molar-refractivity contribution in [1.82, 2.24) is 15.2 Å². The smallest absolute Gasteiger partial charge is 0.253 e. The third-order valence-corrected chi connectivity index (χ3v) is 3.30. The number of rotatable bonds is 3. The van der Waals surface area contributed by atoms with Gasteiger partial charge in [0.2, 0.25) is 5.56 Å². The van der Waals surface area contributed by atoms with Crippen molar-refractivity contribution in [2.24, 2.45) is 5.92 Å². The molecule has 0 saturated carbocycles. The fourth-order valence-electron chi connectivity index (χ4n) is 2.35. The quantitative estimate of drug-likeness (QED) is 0.817. The lowest BCUT2D eigenvalue weighted by atomic mass is 9.99. The van der Waals surface area contributed by atoms with E-state index in [-0.39, 0.29) is 11.5 Å². The molecule has 1 aromatic rings. The number of pyridine rings is 1. The van der Waals surface area contributed by atoms with E-state index in [4.69, 9.17) is 0 Å². The van der Waals surface area contributed by atoms with Crippen LogP contribution in [0, 0.1) is 5.92 Å². The van der Waals surface area contributed by atoms with Crippen LogP contribution in [0.4, 0.5) is 0 Å². The molecule has 1 unspecified atom stereocenters. The predicted octanol–water partition coefficient (Wildman–Crippen LogP) is 0.446. The van der Waals surface area contributed by atoms with Crippen LogP contribution >= 0.6 is 0 Å². The standard InChI is InChI=1S/C13H19N3O2/c1-16(9-10-3-2-5-14-8-10)13(18)11-4-6-15-12(17)7-11/h4,6-7,10,14H,2-3,5,8-9H2,1H3,(H,15,17). The van der Waals surface area contributed by atoms with Crippen LogP contribution in [0.1, 0.15) is 23.2 Å². The van der Waals surface area contributed by atoms with E-state index < -0.39 is 0 Å². The highest BCUT2D eigenvalue weighted by Crippen LogP contribution is 2.12. The molecule has 0 spiro atoms. The van der Waals surface area contributed by atoms with E-state index in [9.17, 15) is 9.59 Å². The molecule has 1 atom stereocenters. The van der Waals surface area contributed by atoms with Crippen molar-refractivity contribution in [2.45, 2.75) is 12.8 Å². The first kappa shape index (κ1) is 12.8. The predicted molar refractivity (Wildman–Crippen MR) is 69.6 cm³/mol. The number of aromatic amines is 1. The molecule has 2 N–H and O–H groups in total. The maximum Gasteiger partial charge on any atom is 0.253 e. The van der Waals surface area contributed by atoms with Crippen molar-refractivity contribution in [3.05, 3.63) is 34.2 Å². The molecule has 0 radical (unpaired) electrons. The van der Waals surface area contributed by atoms with Crippen molar-refractivity contribution in [3.8, 4) is 0 Å². The summed E-state index contributed by atoms with van der Waals surface area (Å²) in [5.41, 5.74) is 0.207. The van der Waals surface area contributed by atoms with Gasteiger partial charge in [-0.1, -0.05) is 0 Å². The van der Waals surface area contributed by atoms with Gasteiger partial charge in [-0.25, -0.2) is 0 Å². The van der Waals surface area contributed by atoms with Crippen molar-refractivity contribution < 1.29 is 4.79 Å². The summed E-state index contributed by atoms with van der Waals surface area (Å²) in [6.07, 6.45) is 3.82. The van der Waals surface area contributed by atoms with Crippen LogP contribution in [0.15, 0.2) is 23.1 Å². The van der Waals surface area contributed by atoms with Gasteiger partial charge in [0.15, 0.2) is 0 Å². The number of carbonyl (C=O) groups excluding carboxylic acids is 1. The molecule has 98 valence electrons. The lowest BCUT2D eigenvalue weighted by Gasteiger charge is -2.27. The first-order valence-corrected chi connectivity index (χ1v) is 6.32. The number of aromatic nitrogens is 1. The Bertz CT molecular complexity index is 463. The van der Waals surface area contributed by atoms with Crippen LogP contribution in [0.5, 0.6) is 0 Å². The Morgan fingerprint density at radius 1 is 1.56 bits per heavy atom. The second-order valence-corrected chi connectivity index (χ2v) is 4.84. The maximum absolute atomic E-state index is 12.1. The van der Waals surface area contributed by atoms with Gasteiger partial charge in [0.05, 0.1) is 0 Å². The highest BCUT2D eigenvalue weighted by molar-refractivity contribution is 5.93. The summed E-state index contributed by atoms with van der Waals surface area (Å²) in [6.45, 7) is 2.77. The molecule has 2 heterocycles. The minimum Gasteiger partial charge on any atom is -0.341 e. The van der Waals surface area contributed by atoms with Crippen LogP contribution in [0.25, 0.3) is 0 Å². The zero-order valence-electron chi connectivity index (χ0n) is 10.6. The van der Waals surface area contributed by atoms with Gasteiger partial charge in [-0.2, -0.15) is 0 Å². The van der Waals surface area contributed by atoms with Gasteiger partial charge in [0.25, 0.3) is 5.91 Å². The fraction of sp³-hybridized carbons (Fsp3) is 0.538. The summed E-state index contributed by atoms with van der Waals surface area (Å²) in [7, 11) is 1.79. The van der Waals surface area contributed by atoms with E-state index in [2.05, 4.69) is 10.3 Å². The van der Waals surface area contributed by atoms with E-state index in [0.29, 0.717) is 11.5 Å². The monoisotopic (exact) mass is 249 g/mol. The summed E-state index contributed by atoms with van der Waals surface area (Å²) in [5.74, 6) is 0.418. The van der Waals surface area contributed by atoms with Crippen molar-refractivity contribution in [1.29, 1.82) is 0 Å². The SMILES string of the molecule is CN(CC1CCCNC1)C(=O)c1cc[nH]c(=O)c1. The molecular formula is C13H19N3O2. The topological polar surface area (TPSA) is 65.2 Å².